The van der Waals surface area contributed by atoms with Crippen molar-refractivity contribution in [2.75, 3.05) is 11.1 Å². The van der Waals surface area contributed by atoms with Gasteiger partial charge in [0.1, 0.15) is 11.2 Å². The van der Waals surface area contributed by atoms with Crippen LogP contribution in [0.15, 0.2) is 95.9 Å². The Hall–Kier alpha value is -6.46. The number of hydrogen-bond donors (Lipinski definition) is 3. The van der Waals surface area contributed by atoms with E-state index in [1.165, 1.54) is 73.2 Å². The van der Waals surface area contributed by atoms with Crippen LogP contribution in [0.1, 0.15) is 73.4 Å². The van der Waals surface area contributed by atoms with Crippen molar-refractivity contribution in [3.8, 4) is 0 Å². The van der Waals surface area contributed by atoms with E-state index in [1.54, 1.807) is 48.5 Å². The monoisotopic (exact) mass is 1050 g/mol. The van der Waals surface area contributed by atoms with Crippen LogP contribution in [0, 0.1) is 0 Å². The molecule has 0 saturated carbocycles. The number of amides is 2. The number of primary amides is 1. The van der Waals surface area contributed by atoms with Crippen LogP contribution < -0.4 is 16.8 Å². The Morgan fingerprint density at radius 3 is 1.34 bits per heavy atom. The fourth-order valence-corrected chi connectivity index (χ4v) is 5.51. The molecule has 0 radical (unpaired) electrons. The van der Waals surface area contributed by atoms with Crippen molar-refractivity contribution in [2.45, 2.75) is 91.3 Å². The lowest BCUT2D eigenvalue weighted by atomic mass is 10.1. The quantitative estimate of drug-likeness (QED) is 0.0823. The van der Waals surface area contributed by atoms with Crippen LogP contribution in [0.2, 0.25) is 0 Å². The van der Waals surface area contributed by atoms with E-state index in [0.717, 1.165) is 18.2 Å². The van der Waals surface area contributed by atoms with Gasteiger partial charge in [-0.2, -0.15) is 52.7 Å². The summed E-state index contributed by atoms with van der Waals surface area (Å²) in [5.74, 6) is 0. The summed E-state index contributed by atoms with van der Waals surface area (Å²) >= 11 is 3.17. The number of nitrogens with two attached hydrogens (primary N) is 2. The highest BCUT2D eigenvalue weighted by molar-refractivity contribution is 9.10. The number of anilines is 2. The summed E-state index contributed by atoms with van der Waals surface area (Å²) in [6.45, 7) is 12.6. The second kappa shape index (κ2) is 24.5. The van der Waals surface area contributed by atoms with Gasteiger partial charge in [-0.05, 0) is 112 Å². The molecule has 5 N–H and O–H groups in total. The standard InChI is InChI=1S/C15H15F3N2O2.C10H5BrF3N.C10H7F3N2.C5H11NO2.C2HF3O.C2H6/c1-14(2,3)22-13(21)20-11-7-6-10(15(16,17)18)9-5-4-8-19-12(9)11;11-8-4-3-7(10(12,13)14)6-2-1-5-15-9(6)8;11-10(12,13)7-3-4-8(14)9-6(7)2-1-5-15-9;1-5(2,3)8-4(6)7;3-2(4,5)1-6;1-2/h4-8H,1-3H3,(H,20,21);1-5H;1-5H,14H2;1-3H3,(H2,6,7);1H;1-2H3/i;;;;;1D. The summed E-state index contributed by atoms with van der Waals surface area (Å²) in [6.07, 6.45) is -16.2. The first-order valence-electron chi connectivity index (χ1n) is 19.7. The lowest BCUT2D eigenvalue weighted by Crippen LogP contribution is -2.27. The molecule has 0 fully saturated rings. The number of nitrogens with zero attached hydrogens (tertiary/aromatic N) is 3. The second-order valence-electron chi connectivity index (χ2n) is 15.0. The summed E-state index contributed by atoms with van der Waals surface area (Å²) in [5, 5.41) is 2.49. The Balaban J connectivity index is 0.000000451. The number of nitrogen functional groups attached to an aromatic ring is 1. The summed E-state index contributed by atoms with van der Waals surface area (Å²) in [6, 6.07) is 15.1. The third-order valence-electron chi connectivity index (χ3n) is 7.38. The Labute approximate surface area is 391 Å². The van der Waals surface area contributed by atoms with Crippen LogP contribution in [0.4, 0.5) is 73.6 Å². The summed E-state index contributed by atoms with van der Waals surface area (Å²) in [7, 11) is 0. The van der Waals surface area contributed by atoms with Crippen molar-refractivity contribution in [3.05, 3.63) is 113 Å². The van der Waals surface area contributed by atoms with E-state index in [-0.39, 0.29) is 38.6 Å². The molecule has 11 nitrogen and oxygen atoms in total. The highest BCUT2D eigenvalue weighted by Gasteiger charge is 2.35. The van der Waals surface area contributed by atoms with E-state index in [4.69, 9.17) is 22.4 Å². The van der Waals surface area contributed by atoms with Crippen LogP contribution in [-0.4, -0.2) is 50.8 Å². The minimum atomic E-state index is -4.64. The largest absolute Gasteiger partial charge is 0.446 e. The average molecular weight is 1050 g/mol. The number of benzene rings is 3. The molecule has 0 atom stereocenters. The first kappa shape index (κ1) is 57.7. The Bertz CT molecular complexity index is 2540. The van der Waals surface area contributed by atoms with E-state index in [9.17, 15) is 62.3 Å². The van der Waals surface area contributed by atoms with Gasteiger partial charge in [0.15, 0.2) is 0 Å². The lowest BCUT2D eigenvalue weighted by molar-refractivity contribution is -0.156. The minimum absolute atomic E-state index is 0.0324. The molecule has 0 aliphatic rings. The fourth-order valence-electron chi connectivity index (χ4n) is 5.06. The molecule has 3 aromatic heterocycles. The molecule has 68 heavy (non-hydrogen) atoms. The van der Waals surface area contributed by atoms with Gasteiger partial charge in [-0.15, -0.1) is 0 Å². The molecule has 0 bridgehead atoms. The van der Waals surface area contributed by atoms with Gasteiger partial charge in [-0.25, -0.2) is 9.59 Å². The van der Waals surface area contributed by atoms with Crippen LogP contribution in [0.5, 0.6) is 0 Å². The second-order valence-corrected chi connectivity index (χ2v) is 15.8. The molecule has 3 heterocycles. The zero-order valence-corrected chi connectivity index (χ0v) is 38.5. The third-order valence-corrected chi connectivity index (χ3v) is 8.02. The van der Waals surface area contributed by atoms with Crippen LogP contribution in [0.3, 0.4) is 0 Å². The number of pyridine rings is 3. The maximum absolute atomic E-state index is 13.0. The number of hydrogen-bond acceptors (Lipinski definition) is 9. The van der Waals surface area contributed by atoms with Crippen molar-refractivity contribution in [1.82, 2.24) is 15.0 Å². The Morgan fingerprint density at radius 2 is 0.971 bits per heavy atom. The first-order chi connectivity index (χ1) is 31.5. The summed E-state index contributed by atoms with van der Waals surface area (Å²) < 4.78 is 162. The highest BCUT2D eigenvalue weighted by Crippen LogP contribution is 2.39. The molecular weight excluding hydrogens is 1000 g/mol. The summed E-state index contributed by atoms with van der Waals surface area (Å²) in [5.41, 5.74) is 7.91. The number of alkyl halides is 12. The number of aldehydes is 1. The normalized spacial score (nSPS) is 11.8. The maximum Gasteiger partial charge on any atom is 0.446 e. The minimum Gasteiger partial charge on any atom is -0.444 e. The number of carbonyl (C=O) groups excluding carboxylic acids is 3. The van der Waals surface area contributed by atoms with Gasteiger partial charge in [-0.3, -0.25) is 25.1 Å². The Kier molecular flexibility index (Phi) is 20.8. The fraction of sp³-hybridized carbons (Fsp3) is 0.318. The number of rotatable bonds is 1. The molecule has 2 amide bonds. The van der Waals surface area contributed by atoms with Gasteiger partial charge in [0.05, 0.1) is 44.6 Å². The van der Waals surface area contributed by atoms with Gasteiger partial charge in [0, 0.05) is 40.6 Å². The predicted molar refractivity (Wildman–Crippen MR) is 236 cm³/mol. The molecule has 3 aromatic carbocycles. The van der Waals surface area contributed by atoms with Crippen LogP contribution >= 0.6 is 15.9 Å². The van der Waals surface area contributed by atoms with E-state index >= 15 is 0 Å². The van der Waals surface area contributed by atoms with Crippen molar-refractivity contribution < 1.29 is 77.9 Å². The smallest absolute Gasteiger partial charge is 0.444 e. The zero-order chi connectivity index (χ0) is 53.3. The number of fused-ring (bicyclic) bond motifs is 3. The van der Waals surface area contributed by atoms with Crippen molar-refractivity contribution >= 4 is 78.5 Å². The molecule has 6 aromatic rings. The van der Waals surface area contributed by atoms with Crippen molar-refractivity contribution in [1.29, 1.82) is 0 Å². The molecule has 6 rings (SSSR count). The highest BCUT2D eigenvalue weighted by atomic mass is 79.9. The van der Waals surface area contributed by atoms with E-state index in [0.29, 0.717) is 16.9 Å². The third kappa shape index (κ3) is 20.2. The van der Waals surface area contributed by atoms with Gasteiger partial charge in [0.2, 0.25) is 6.29 Å². The first-order valence-corrected chi connectivity index (χ1v) is 19.8. The Morgan fingerprint density at radius 1 is 0.618 bits per heavy atom. The van der Waals surface area contributed by atoms with Crippen molar-refractivity contribution in [3.63, 3.8) is 0 Å². The SMILES string of the molecule is CC(C)(C)OC(=O)Nc1ccc(C(F)(F)F)c2cccnc12.CC(C)(C)OC(N)=O.FC(F)(F)c1ccc(Br)c2ncccc12.Nc1ccc(C(F)(F)F)c2cccnc12.O=CC(F)(F)F.[2H]CC. The number of nitrogens with one attached hydrogen (secondary N) is 1. The average Bonchev–Trinajstić information content (AvgIpc) is 3.19. The van der Waals surface area contributed by atoms with E-state index in [1.807, 2.05) is 0 Å². The zero-order valence-electron chi connectivity index (χ0n) is 37.9. The molecule has 24 heteroatoms. The van der Waals surface area contributed by atoms with E-state index < -0.39 is 71.1 Å². The molecule has 0 unspecified atom stereocenters. The molecule has 0 saturated heterocycles. The van der Waals surface area contributed by atoms with Crippen LogP contribution in [-0.2, 0) is 32.8 Å². The number of aromatic nitrogens is 3. The van der Waals surface area contributed by atoms with Gasteiger partial charge in [0.25, 0.3) is 0 Å². The van der Waals surface area contributed by atoms with Crippen LogP contribution in [0.25, 0.3) is 32.7 Å². The molecule has 0 aliphatic carbocycles. The van der Waals surface area contributed by atoms with Gasteiger partial charge in [-0.1, -0.05) is 32.0 Å². The number of carbonyl (C=O) groups is 3. The van der Waals surface area contributed by atoms with Gasteiger partial charge < -0.3 is 20.9 Å². The topological polar surface area (TPSA) is 172 Å². The predicted octanol–water partition coefficient (Wildman–Crippen LogP) is 14.1. The molecule has 372 valence electrons. The number of ether oxygens (including phenoxy) is 2. The molecular formula is C44H45BrF12N6O5. The lowest BCUT2D eigenvalue weighted by Gasteiger charge is -2.20. The number of halogens is 13. The van der Waals surface area contributed by atoms with E-state index in [2.05, 4.69) is 40.9 Å². The van der Waals surface area contributed by atoms with Gasteiger partial charge >= 0.3 is 36.9 Å². The van der Waals surface area contributed by atoms with Crippen molar-refractivity contribution in [2.24, 2.45) is 5.73 Å². The molecule has 0 spiro atoms. The molecule has 0 aliphatic heterocycles. The summed E-state index contributed by atoms with van der Waals surface area (Å²) in [4.78, 5) is 42.2. The maximum atomic E-state index is 13.0.